The molecule has 0 unspecified atom stereocenters. The number of ketones is 1. The van der Waals surface area contributed by atoms with Gasteiger partial charge in [-0.15, -0.1) is 0 Å². The molecule has 0 saturated carbocycles. The fourth-order valence-electron chi connectivity index (χ4n) is 4.35. The SMILES string of the molecule is CC(=O)CCCCCCCCCO[Si](c1ccccc1)(c1ccccc1)C(C)(C)C. The van der Waals surface area contributed by atoms with E-state index in [1.807, 2.05) is 0 Å². The molecule has 2 nitrogen and oxygen atoms in total. The minimum absolute atomic E-state index is 0.0480. The highest BCUT2D eigenvalue weighted by Gasteiger charge is 2.49. The normalized spacial score (nSPS) is 12.1. The lowest BCUT2D eigenvalue weighted by molar-refractivity contribution is -0.117. The van der Waals surface area contributed by atoms with Crippen molar-refractivity contribution in [1.29, 1.82) is 0 Å². The molecule has 2 rings (SSSR count). The first kappa shape index (κ1) is 24.6. The lowest BCUT2D eigenvalue weighted by Crippen LogP contribution is -2.66. The zero-order valence-electron chi connectivity index (χ0n) is 19.5. The molecule has 0 N–H and O–H groups in total. The van der Waals surface area contributed by atoms with Gasteiger partial charge in [0.25, 0.3) is 8.32 Å². The lowest BCUT2D eigenvalue weighted by atomic mass is 10.1. The highest BCUT2D eigenvalue weighted by molar-refractivity contribution is 6.99. The maximum atomic E-state index is 11.0. The van der Waals surface area contributed by atoms with Gasteiger partial charge in [0.1, 0.15) is 5.78 Å². The first-order valence-electron chi connectivity index (χ1n) is 11.6. The summed E-state index contributed by atoms with van der Waals surface area (Å²) in [6.07, 6.45) is 9.05. The molecule has 0 saturated heterocycles. The van der Waals surface area contributed by atoms with Gasteiger partial charge in [0, 0.05) is 13.0 Å². The second-order valence-corrected chi connectivity index (χ2v) is 13.7. The van der Waals surface area contributed by atoms with E-state index < -0.39 is 8.32 Å². The van der Waals surface area contributed by atoms with E-state index in [1.54, 1.807) is 6.92 Å². The minimum atomic E-state index is -2.38. The molecular weight excluding hydrogens is 384 g/mol. The van der Waals surface area contributed by atoms with Crippen molar-refractivity contribution >= 4 is 24.5 Å². The van der Waals surface area contributed by atoms with Crippen LogP contribution in [0.15, 0.2) is 60.7 Å². The predicted octanol–water partition coefficient (Wildman–Crippen LogP) is 6.27. The summed E-state index contributed by atoms with van der Waals surface area (Å²) in [5.74, 6) is 0.315. The Hall–Kier alpha value is -1.71. The largest absolute Gasteiger partial charge is 0.407 e. The Morgan fingerprint density at radius 2 is 1.17 bits per heavy atom. The summed E-state index contributed by atoms with van der Waals surface area (Å²) < 4.78 is 6.94. The standard InChI is InChI=1S/C27H40O2Si/c1-24(28)18-12-8-6-5-7-9-17-23-29-30(27(2,3)4,25-19-13-10-14-20-25)26-21-15-11-16-22-26/h10-11,13-16,19-22H,5-9,12,17-18,23H2,1-4H3. The zero-order valence-corrected chi connectivity index (χ0v) is 20.5. The third-order valence-corrected chi connectivity index (χ3v) is 11.0. The van der Waals surface area contributed by atoms with E-state index in [0.29, 0.717) is 5.78 Å². The Morgan fingerprint density at radius 1 is 0.733 bits per heavy atom. The number of hydrogen-bond donors (Lipinski definition) is 0. The summed E-state index contributed by atoms with van der Waals surface area (Å²) >= 11 is 0. The number of carbonyl (C=O) groups is 1. The van der Waals surface area contributed by atoms with Crippen LogP contribution in [0.4, 0.5) is 0 Å². The summed E-state index contributed by atoms with van der Waals surface area (Å²) in [7, 11) is -2.38. The first-order chi connectivity index (χ1) is 14.4. The van der Waals surface area contributed by atoms with E-state index in [4.69, 9.17) is 4.43 Å². The fourth-order valence-corrected chi connectivity index (χ4v) is 8.95. The fraction of sp³-hybridized carbons (Fsp3) is 0.519. The van der Waals surface area contributed by atoms with Crippen molar-refractivity contribution in [3.05, 3.63) is 60.7 Å². The maximum Gasteiger partial charge on any atom is 0.261 e. The molecule has 3 heteroatoms. The summed E-state index contributed by atoms with van der Waals surface area (Å²) in [6.45, 7) is 9.50. The summed E-state index contributed by atoms with van der Waals surface area (Å²) in [6, 6.07) is 21.8. The molecule has 0 radical (unpaired) electrons. The lowest BCUT2D eigenvalue weighted by Gasteiger charge is -2.43. The number of benzene rings is 2. The van der Waals surface area contributed by atoms with Crippen LogP contribution in [0.25, 0.3) is 0 Å². The van der Waals surface area contributed by atoms with Gasteiger partial charge in [0.05, 0.1) is 0 Å². The van der Waals surface area contributed by atoms with Crippen molar-refractivity contribution in [3.8, 4) is 0 Å². The predicted molar refractivity (Wildman–Crippen MR) is 131 cm³/mol. The van der Waals surface area contributed by atoms with E-state index in [2.05, 4.69) is 81.4 Å². The molecule has 164 valence electrons. The van der Waals surface area contributed by atoms with E-state index in [9.17, 15) is 4.79 Å². The van der Waals surface area contributed by atoms with Crippen molar-refractivity contribution in [2.24, 2.45) is 0 Å². The van der Waals surface area contributed by atoms with Gasteiger partial charge in [-0.2, -0.15) is 0 Å². The van der Waals surface area contributed by atoms with E-state index in [0.717, 1.165) is 25.9 Å². The van der Waals surface area contributed by atoms with Gasteiger partial charge in [0.15, 0.2) is 0 Å². The van der Waals surface area contributed by atoms with Crippen LogP contribution >= 0.6 is 0 Å². The molecule has 0 aliphatic carbocycles. The van der Waals surface area contributed by atoms with Crippen LogP contribution in [0.1, 0.15) is 79.1 Å². The van der Waals surface area contributed by atoms with Crippen LogP contribution in [0.3, 0.4) is 0 Å². The summed E-state index contributed by atoms with van der Waals surface area (Å²) in [4.78, 5) is 11.0. The Bertz CT molecular complexity index is 695. The van der Waals surface area contributed by atoms with Crippen LogP contribution in [-0.4, -0.2) is 20.7 Å². The average Bonchev–Trinajstić information content (AvgIpc) is 2.72. The Labute approximate surface area is 185 Å². The number of unbranched alkanes of at least 4 members (excludes halogenated alkanes) is 6. The van der Waals surface area contributed by atoms with Crippen molar-refractivity contribution < 1.29 is 9.22 Å². The van der Waals surface area contributed by atoms with Crippen LogP contribution in [-0.2, 0) is 9.22 Å². The second kappa shape index (κ2) is 12.2. The molecule has 0 heterocycles. The van der Waals surface area contributed by atoms with Gasteiger partial charge in [0.2, 0.25) is 0 Å². The molecule has 0 amide bonds. The number of carbonyl (C=O) groups excluding carboxylic acids is 1. The summed E-state index contributed by atoms with van der Waals surface area (Å²) in [5.41, 5.74) is 0. The van der Waals surface area contributed by atoms with Crippen LogP contribution in [0.2, 0.25) is 5.04 Å². The number of Topliss-reactive ketones (excluding diaryl/α,β-unsaturated/α-hetero) is 1. The minimum Gasteiger partial charge on any atom is -0.407 e. The highest BCUT2D eigenvalue weighted by Crippen LogP contribution is 2.36. The van der Waals surface area contributed by atoms with E-state index in [1.165, 1.54) is 42.5 Å². The van der Waals surface area contributed by atoms with Crippen molar-refractivity contribution in [1.82, 2.24) is 0 Å². The van der Waals surface area contributed by atoms with Crippen LogP contribution < -0.4 is 10.4 Å². The molecule has 0 aliphatic heterocycles. The van der Waals surface area contributed by atoms with E-state index >= 15 is 0 Å². The third kappa shape index (κ3) is 6.92. The molecular formula is C27H40O2Si. The van der Waals surface area contributed by atoms with Gasteiger partial charge < -0.3 is 9.22 Å². The van der Waals surface area contributed by atoms with Gasteiger partial charge in [-0.3, -0.25) is 0 Å². The third-order valence-electron chi connectivity index (χ3n) is 5.91. The Balaban J connectivity index is 1.96. The molecule has 2 aromatic rings. The Morgan fingerprint density at radius 3 is 1.60 bits per heavy atom. The molecule has 2 aromatic carbocycles. The Kier molecular flexibility index (Phi) is 10.00. The van der Waals surface area contributed by atoms with Crippen molar-refractivity contribution in [2.75, 3.05) is 6.61 Å². The molecule has 0 spiro atoms. The molecule has 0 aliphatic rings. The molecule has 30 heavy (non-hydrogen) atoms. The van der Waals surface area contributed by atoms with Crippen LogP contribution in [0.5, 0.6) is 0 Å². The quantitative estimate of drug-likeness (QED) is 0.280. The molecule has 0 bridgehead atoms. The molecule has 0 fully saturated rings. The van der Waals surface area contributed by atoms with Gasteiger partial charge in [-0.1, -0.05) is 114 Å². The topological polar surface area (TPSA) is 26.3 Å². The average molecular weight is 425 g/mol. The van der Waals surface area contributed by atoms with Gasteiger partial charge >= 0.3 is 0 Å². The molecule has 0 atom stereocenters. The number of rotatable bonds is 13. The van der Waals surface area contributed by atoms with Crippen LogP contribution in [0, 0.1) is 0 Å². The van der Waals surface area contributed by atoms with E-state index in [-0.39, 0.29) is 5.04 Å². The van der Waals surface area contributed by atoms with Crippen molar-refractivity contribution in [2.45, 2.75) is 84.1 Å². The maximum absolute atomic E-state index is 11.0. The molecule has 0 aromatic heterocycles. The highest BCUT2D eigenvalue weighted by atomic mass is 28.4. The second-order valence-electron chi connectivity index (χ2n) is 9.44. The number of hydrogen-bond acceptors (Lipinski definition) is 2. The smallest absolute Gasteiger partial charge is 0.261 e. The van der Waals surface area contributed by atoms with Gasteiger partial charge in [-0.25, -0.2) is 0 Å². The monoisotopic (exact) mass is 424 g/mol. The van der Waals surface area contributed by atoms with Crippen molar-refractivity contribution in [3.63, 3.8) is 0 Å². The summed E-state index contributed by atoms with van der Waals surface area (Å²) in [5, 5.41) is 2.76. The first-order valence-corrected chi connectivity index (χ1v) is 13.5. The van der Waals surface area contributed by atoms with Gasteiger partial charge in [-0.05, 0) is 35.2 Å². The zero-order chi connectivity index (χ0) is 21.9.